The van der Waals surface area contributed by atoms with E-state index in [0.29, 0.717) is 17.2 Å². The number of rotatable bonds is 6. The van der Waals surface area contributed by atoms with Crippen LogP contribution in [0.4, 0.5) is 0 Å². The molecule has 2 aromatic rings. The lowest BCUT2D eigenvalue weighted by atomic mass is 10.0. The van der Waals surface area contributed by atoms with Crippen LogP contribution in [0.15, 0.2) is 41.3 Å². The van der Waals surface area contributed by atoms with Gasteiger partial charge in [-0.1, -0.05) is 18.2 Å². The van der Waals surface area contributed by atoms with Crippen molar-refractivity contribution in [3.8, 4) is 17.2 Å². The van der Waals surface area contributed by atoms with Crippen molar-refractivity contribution in [2.75, 3.05) is 27.1 Å². The number of thioether (sulfide) groups is 1. The normalized spacial score (nSPS) is 15.7. The summed E-state index contributed by atoms with van der Waals surface area (Å²) in [7, 11) is 4.70. The lowest BCUT2D eigenvalue weighted by molar-refractivity contribution is -0.121. The molecular weight excluding hydrogens is 350 g/mol. The van der Waals surface area contributed by atoms with Gasteiger partial charge in [0.1, 0.15) is 0 Å². The fourth-order valence-corrected chi connectivity index (χ4v) is 4.29. The molecule has 3 rings (SSSR count). The number of carbonyl (C=O) groups excluding carboxylic acids is 1. The topological polar surface area (TPSA) is 56.8 Å². The van der Waals surface area contributed by atoms with E-state index in [4.69, 9.17) is 14.2 Å². The maximum atomic E-state index is 12.6. The van der Waals surface area contributed by atoms with Crippen LogP contribution >= 0.6 is 11.8 Å². The standard InChI is InChI=1S/C20H23NO4S/c1-23-16-10-13(11-17(24-2)20(16)25-3)12-19(22)21-15-8-9-26-18-7-5-4-6-14(15)18/h4-7,10-11,15H,8-9,12H2,1-3H3,(H,21,22)/t15-/m0/s1. The molecule has 138 valence electrons. The number of benzene rings is 2. The highest BCUT2D eigenvalue weighted by atomic mass is 32.2. The molecule has 5 nitrogen and oxygen atoms in total. The molecule has 0 radical (unpaired) electrons. The lowest BCUT2D eigenvalue weighted by Gasteiger charge is -2.26. The summed E-state index contributed by atoms with van der Waals surface area (Å²) in [6.45, 7) is 0. The molecule has 1 heterocycles. The van der Waals surface area contributed by atoms with Crippen molar-refractivity contribution in [1.29, 1.82) is 0 Å². The molecule has 0 aromatic heterocycles. The Morgan fingerprint density at radius 3 is 2.46 bits per heavy atom. The quantitative estimate of drug-likeness (QED) is 0.838. The number of nitrogens with one attached hydrogen (secondary N) is 1. The zero-order valence-electron chi connectivity index (χ0n) is 15.2. The van der Waals surface area contributed by atoms with Crippen molar-refractivity contribution >= 4 is 17.7 Å². The van der Waals surface area contributed by atoms with E-state index >= 15 is 0 Å². The van der Waals surface area contributed by atoms with Crippen LogP contribution in [0.3, 0.4) is 0 Å². The van der Waals surface area contributed by atoms with Crippen LogP contribution in [0.2, 0.25) is 0 Å². The van der Waals surface area contributed by atoms with Crippen molar-refractivity contribution in [1.82, 2.24) is 5.32 Å². The third-order valence-corrected chi connectivity index (χ3v) is 5.51. The van der Waals surface area contributed by atoms with Crippen molar-refractivity contribution in [2.45, 2.75) is 23.8 Å². The van der Waals surface area contributed by atoms with E-state index in [1.54, 1.807) is 21.3 Å². The number of fused-ring (bicyclic) bond motifs is 1. The van der Waals surface area contributed by atoms with E-state index in [9.17, 15) is 4.79 Å². The molecule has 1 amide bonds. The van der Waals surface area contributed by atoms with E-state index in [2.05, 4.69) is 17.4 Å². The van der Waals surface area contributed by atoms with E-state index in [1.807, 2.05) is 36.0 Å². The number of ether oxygens (including phenoxy) is 3. The largest absolute Gasteiger partial charge is 0.493 e. The first-order valence-corrected chi connectivity index (χ1v) is 9.44. The van der Waals surface area contributed by atoms with Crippen molar-refractivity contribution in [2.24, 2.45) is 0 Å². The molecule has 26 heavy (non-hydrogen) atoms. The van der Waals surface area contributed by atoms with Gasteiger partial charge in [0.05, 0.1) is 33.8 Å². The summed E-state index contributed by atoms with van der Waals surface area (Å²) in [4.78, 5) is 13.9. The molecule has 1 aliphatic rings. The summed E-state index contributed by atoms with van der Waals surface area (Å²) in [6, 6.07) is 11.9. The van der Waals surface area contributed by atoms with Gasteiger partial charge in [0.25, 0.3) is 0 Å². The zero-order valence-corrected chi connectivity index (χ0v) is 16.0. The summed E-state index contributed by atoms with van der Waals surface area (Å²) in [6.07, 6.45) is 1.19. The van der Waals surface area contributed by atoms with Crippen LogP contribution in [-0.2, 0) is 11.2 Å². The van der Waals surface area contributed by atoms with E-state index in [0.717, 1.165) is 17.7 Å². The Balaban J connectivity index is 1.75. The van der Waals surface area contributed by atoms with Gasteiger partial charge in [-0.3, -0.25) is 4.79 Å². The van der Waals surface area contributed by atoms with Gasteiger partial charge in [0, 0.05) is 10.6 Å². The minimum atomic E-state index is -0.0222. The minimum Gasteiger partial charge on any atom is -0.493 e. The van der Waals surface area contributed by atoms with Gasteiger partial charge in [-0.2, -0.15) is 0 Å². The molecule has 0 spiro atoms. The number of amides is 1. The predicted octanol–water partition coefficient (Wildman–Crippen LogP) is 3.61. The summed E-state index contributed by atoms with van der Waals surface area (Å²) in [5.74, 6) is 2.61. The molecule has 1 aliphatic heterocycles. The third-order valence-electron chi connectivity index (χ3n) is 4.38. The van der Waals surface area contributed by atoms with Crippen LogP contribution < -0.4 is 19.5 Å². The maximum Gasteiger partial charge on any atom is 0.224 e. The van der Waals surface area contributed by atoms with Crippen LogP contribution in [0, 0.1) is 0 Å². The fraction of sp³-hybridized carbons (Fsp3) is 0.350. The Morgan fingerprint density at radius 1 is 1.12 bits per heavy atom. The first-order chi connectivity index (χ1) is 12.7. The van der Waals surface area contributed by atoms with Gasteiger partial charge in [0.15, 0.2) is 11.5 Å². The van der Waals surface area contributed by atoms with Crippen molar-refractivity contribution in [3.63, 3.8) is 0 Å². The number of hydrogen-bond donors (Lipinski definition) is 1. The summed E-state index contributed by atoms with van der Waals surface area (Å²) in [5, 5.41) is 3.16. The average molecular weight is 373 g/mol. The Morgan fingerprint density at radius 2 is 1.81 bits per heavy atom. The van der Waals surface area contributed by atoms with E-state index < -0.39 is 0 Å². The maximum absolute atomic E-state index is 12.6. The first kappa shape index (κ1) is 18.5. The van der Waals surface area contributed by atoms with Gasteiger partial charge in [-0.05, 0) is 35.7 Å². The van der Waals surface area contributed by atoms with Gasteiger partial charge < -0.3 is 19.5 Å². The summed E-state index contributed by atoms with van der Waals surface area (Å²) in [5.41, 5.74) is 2.01. The third kappa shape index (κ3) is 3.90. The van der Waals surface area contributed by atoms with Gasteiger partial charge in [-0.25, -0.2) is 0 Å². The van der Waals surface area contributed by atoms with Gasteiger partial charge in [-0.15, -0.1) is 11.8 Å². The zero-order chi connectivity index (χ0) is 18.5. The second-order valence-corrected chi connectivity index (χ2v) is 7.14. The molecule has 0 saturated carbocycles. The highest BCUT2D eigenvalue weighted by Crippen LogP contribution is 2.39. The van der Waals surface area contributed by atoms with Crippen LogP contribution in [0.1, 0.15) is 23.6 Å². The first-order valence-electron chi connectivity index (χ1n) is 8.46. The smallest absolute Gasteiger partial charge is 0.224 e. The molecule has 0 fully saturated rings. The van der Waals surface area contributed by atoms with E-state index in [1.165, 1.54) is 10.5 Å². The van der Waals surface area contributed by atoms with Crippen LogP contribution in [-0.4, -0.2) is 33.0 Å². The molecular formula is C20H23NO4S. The van der Waals surface area contributed by atoms with Crippen LogP contribution in [0.25, 0.3) is 0 Å². The van der Waals surface area contributed by atoms with Gasteiger partial charge in [0.2, 0.25) is 11.7 Å². The molecule has 6 heteroatoms. The fourth-order valence-electron chi connectivity index (χ4n) is 3.16. The molecule has 0 saturated heterocycles. The molecule has 2 aromatic carbocycles. The highest BCUT2D eigenvalue weighted by Gasteiger charge is 2.22. The Bertz CT molecular complexity index is 768. The molecule has 1 atom stereocenters. The van der Waals surface area contributed by atoms with Crippen molar-refractivity contribution in [3.05, 3.63) is 47.5 Å². The molecule has 0 unspecified atom stereocenters. The molecule has 1 N–H and O–H groups in total. The summed E-state index contributed by atoms with van der Waals surface area (Å²) < 4.78 is 16.0. The average Bonchev–Trinajstić information content (AvgIpc) is 2.67. The highest BCUT2D eigenvalue weighted by molar-refractivity contribution is 7.99. The Hall–Kier alpha value is -2.34. The molecule has 0 aliphatic carbocycles. The Kier molecular flexibility index (Phi) is 5.93. The molecule has 0 bridgehead atoms. The monoisotopic (exact) mass is 373 g/mol. The summed E-state index contributed by atoms with van der Waals surface area (Å²) >= 11 is 1.84. The number of hydrogen-bond acceptors (Lipinski definition) is 5. The number of carbonyl (C=O) groups is 1. The minimum absolute atomic E-state index is 0.0222. The lowest BCUT2D eigenvalue weighted by Crippen LogP contribution is -2.31. The second kappa shape index (κ2) is 8.36. The van der Waals surface area contributed by atoms with Crippen molar-refractivity contribution < 1.29 is 19.0 Å². The van der Waals surface area contributed by atoms with Gasteiger partial charge >= 0.3 is 0 Å². The van der Waals surface area contributed by atoms with E-state index in [-0.39, 0.29) is 18.4 Å². The Labute approximate surface area is 158 Å². The SMILES string of the molecule is COc1cc(CC(=O)N[C@H]2CCSc3ccccc32)cc(OC)c1OC. The predicted molar refractivity (Wildman–Crippen MR) is 102 cm³/mol. The van der Waals surface area contributed by atoms with Crippen LogP contribution in [0.5, 0.6) is 17.2 Å². The number of methoxy groups -OCH3 is 3. The second-order valence-electron chi connectivity index (χ2n) is 6.01.